The van der Waals surface area contributed by atoms with Gasteiger partial charge in [0.05, 0.1) is 0 Å². The lowest BCUT2D eigenvalue weighted by Gasteiger charge is -2.12. The highest BCUT2D eigenvalue weighted by Gasteiger charge is 2.08. The lowest BCUT2D eigenvalue weighted by atomic mass is 10.1. The molecule has 4 nitrogen and oxygen atoms in total. The van der Waals surface area contributed by atoms with E-state index in [9.17, 15) is 4.79 Å². The van der Waals surface area contributed by atoms with Crippen LogP contribution in [0.5, 0.6) is 0 Å². The first kappa shape index (κ1) is 14.8. The second-order valence-corrected chi connectivity index (χ2v) is 4.82. The Morgan fingerprint density at radius 1 is 1.50 bits per heavy atom. The third-order valence-corrected chi connectivity index (χ3v) is 3.24. The van der Waals surface area contributed by atoms with Gasteiger partial charge in [-0.05, 0) is 31.5 Å². The van der Waals surface area contributed by atoms with Crippen molar-refractivity contribution in [3.63, 3.8) is 0 Å². The van der Waals surface area contributed by atoms with Crippen molar-refractivity contribution >= 4 is 5.91 Å². The number of aromatic nitrogens is 1. The molecule has 0 bridgehead atoms. The number of carbonyl (C=O) groups excluding carboxylic acids is 1. The summed E-state index contributed by atoms with van der Waals surface area (Å²) in [6.07, 6.45) is 6.85. The Labute approximate surface area is 110 Å². The number of hydrogen-bond acceptors (Lipinski definition) is 2. The summed E-state index contributed by atoms with van der Waals surface area (Å²) in [7, 11) is 5.59. The van der Waals surface area contributed by atoms with Gasteiger partial charge in [-0.25, -0.2) is 0 Å². The van der Waals surface area contributed by atoms with Crippen molar-refractivity contribution in [1.82, 2.24) is 14.8 Å². The van der Waals surface area contributed by atoms with E-state index in [0.29, 0.717) is 12.5 Å². The van der Waals surface area contributed by atoms with Crippen molar-refractivity contribution in [2.45, 2.75) is 38.8 Å². The van der Waals surface area contributed by atoms with Crippen LogP contribution in [-0.2, 0) is 11.3 Å². The molecule has 0 saturated heterocycles. The zero-order chi connectivity index (χ0) is 13.5. The molecule has 0 spiro atoms. The molecule has 0 saturated carbocycles. The number of amides is 1. The standard InChI is InChI=1S/C14H25N3O/c1-5-13(15-2)12-8-10-17(11-12)9-6-7-14(18)16(3)4/h8,10-11,13,15H,5-7,9H2,1-4H3. The fraction of sp³-hybridized carbons (Fsp3) is 0.643. The monoisotopic (exact) mass is 251 g/mol. The molecule has 0 aliphatic carbocycles. The smallest absolute Gasteiger partial charge is 0.222 e. The number of nitrogens with zero attached hydrogens (tertiary/aromatic N) is 2. The lowest BCUT2D eigenvalue weighted by molar-refractivity contribution is -0.128. The van der Waals surface area contributed by atoms with E-state index in [-0.39, 0.29) is 5.91 Å². The van der Waals surface area contributed by atoms with Gasteiger partial charge in [-0.2, -0.15) is 0 Å². The Kier molecular flexibility index (Phi) is 5.92. The molecule has 0 aliphatic heterocycles. The number of aryl methyl sites for hydroxylation is 1. The summed E-state index contributed by atoms with van der Waals surface area (Å²) in [6, 6.07) is 2.58. The average Bonchev–Trinajstić information content (AvgIpc) is 2.79. The number of carbonyl (C=O) groups is 1. The zero-order valence-electron chi connectivity index (χ0n) is 11.9. The summed E-state index contributed by atoms with van der Waals surface area (Å²) in [4.78, 5) is 13.1. The highest BCUT2D eigenvalue weighted by atomic mass is 16.2. The van der Waals surface area contributed by atoms with Gasteiger partial charge < -0.3 is 14.8 Å². The summed E-state index contributed by atoms with van der Waals surface area (Å²) in [5, 5.41) is 3.30. The van der Waals surface area contributed by atoms with Crippen LogP contribution < -0.4 is 5.32 Å². The first-order chi connectivity index (χ1) is 8.58. The molecule has 1 atom stereocenters. The molecule has 1 unspecified atom stereocenters. The van der Waals surface area contributed by atoms with Crippen LogP contribution in [-0.4, -0.2) is 36.5 Å². The largest absolute Gasteiger partial charge is 0.354 e. The topological polar surface area (TPSA) is 37.3 Å². The van der Waals surface area contributed by atoms with Crippen LogP contribution in [0.15, 0.2) is 18.5 Å². The predicted molar refractivity (Wildman–Crippen MR) is 74.5 cm³/mol. The van der Waals surface area contributed by atoms with Gasteiger partial charge in [0.25, 0.3) is 0 Å². The SMILES string of the molecule is CCC(NC)c1ccn(CCCC(=O)N(C)C)c1. The summed E-state index contributed by atoms with van der Waals surface area (Å²) in [5.74, 6) is 0.198. The molecule has 102 valence electrons. The Balaban J connectivity index is 2.42. The van der Waals surface area contributed by atoms with E-state index >= 15 is 0 Å². The molecule has 1 N–H and O–H groups in total. The Hall–Kier alpha value is -1.29. The van der Waals surface area contributed by atoms with Crippen LogP contribution in [0, 0.1) is 0 Å². The summed E-state index contributed by atoms with van der Waals surface area (Å²) in [6.45, 7) is 3.08. The number of hydrogen-bond donors (Lipinski definition) is 1. The molecule has 1 aromatic heterocycles. The maximum Gasteiger partial charge on any atom is 0.222 e. The van der Waals surface area contributed by atoms with Crippen molar-refractivity contribution < 1.29 is 4.79 Å². The van der Waals surface area contributed by atoms with Crippen LogP contribution >= 0.6 is 0 Å². The Morgan fingerprint density at radius 2 is 2.22 bits per heavy atom. The lowest BCUT2D eigenvalue weighted by Crippen LogP contribution is -2.21. The molecule has 4 heteroatoms. The highest BCUT2D eigenvalue weighted by Crippen LogP contribution is 2.16. The molecule has 1 amide bonds. The van der Waals surface area contributed by atoms with Gasteiger partial charge in [0.1, 0.15) is 0 Å². The molecule has 0 radical (unpaired) electrons. The Morgan fingerprint density at radius 3 is 2.78 bits per heavy atom. The Bertz CT molecular complexity index is 367. The highest BCUT2D eigenvalue weighted by molar-refractivity contribution is 5.75. The van der Waals surface area contributed by atoms with Crippen LogP contribution in [0.3, 0.4) is 0 Å². The molecule has 0 aliphatic rings. The van der Waals surface area contributed by atoms with Crippen molar-refractivity contribution in [1.29, 1.82) is 0 Å². The van der Waals surface area contributed by atoms with E-state index in [1.807, 2.05) is 7.05 Å². The first-order valence-corrected chi connectivity index (χ1v) is 6.61. The normalized spacial score (nSPS) is 12.4. The molecule has 1 aromatic rings. The molecule has 1 rings (SSSR count). The average molecular weight is 251 g/mol. The minimum Gasteiger partial charge on any atom is -0.354 e. The van der Waals surface area contributed by atoms with Gasteiger partial charge >= 0.3 is 0 Å². The minimum absolute atomic E-state index is 0.198. The quantitative estimate of drug-likeness (QED) is 0.805. The van der Waals surface area contributed by atoms with Crippen LogP contribution in [0.2, 0.25) is 0 Å². The minimum atomic E-state index is 0.198. The van der Waals surface area contributed by atoms with Crippen LogP contribution in [0.25, 0.3) is 0 Å². The van der Waals surface area contributed by atoms with Gasteiger partial charge in [-0.15, -0.1) is 0 Å². The van der Waals surface area contributed by atoms with E-state index in [4.69, 9.17) is 0 Å². The summed E-state index contributed by atoms with van der Waals surface area (Å²) >= 11 is 0. The van der Waals surface area contributed by atoms with E-state index in [0.717, 1.165) is 19.4 Å². The van der Waals surface area contributed by atoms with Crippen LogP contribution in [0.1, 0.15) is 37.8 Å². The fourth-order valence-electron chi connectivity index (χ4n) is 2.05. The molecule has 0 fully saturated rings. The van der Waals surface area contributed by atoms with E-state index in [1.54, 1.807) is 19.0 Å². The zero-order valence-corrected chi connectivity index (χ0v) is 11.9. The van der Waals surface area contributed by atoms with Gasteiger partial charge in [-0.3, -0.25) is 4.79 Å². The summed E-state index contributed by atoms with van der Waals surface area (Å²) < 4.78 is 2.16. The van der Waals surface area contributed by atoms with Gasteiger partial charge in [0.2, 0.25) is 5.91 Å². The predicted octanol–water partition coefficient (Wildman–Crippen LogP) is 2.03. The maximum atomic E-state index is 11.4. The molecular formula is C14H25N3O. The van der Waals surface area contributed by atoms with E-state index in [1.165, 1.54) is 5.56 Å². The van der Waals surface area contributed by atoms with Crippen molar-refractivity contribution in [3.8, 4) is 0 Å². The first-order valence-electron chi connectivity index (χ1n) is 6.61. The number of nitrogens with one attached hydrogen (secondary N) is 1. The maximum absolute atomic E-state index is 11.4. The van der Waals surface area contributed by atoms with Crippen LogP contribution in [0.4, 0.5) is 0 Å². The van der Waals surface area contributed by atoms with Crippen molar-refractivity contribution in [2.24, 2.45) is 0 Å². The van der Waals surface area contributed by atoms with E-state index in [2.05, 4.69) is 35.3 Å². The van der Waals surface area contributed by atoms with Gasteiger partial charge in [0, 0.05) is 45.5 Å². The fourth-order valence-corrected chi connectivity index (χ4v) is 2.05. The molecule has 18 heavy (non-hydrogen) atoms. The number of rotatable bonds is 7. The third kappa shape index (κ3) is 4.18. The second kappa shape index (κ2) is 7.21. The van der Waals surface area contributed by atoms with E-state index < -0.39 is 0 Å². The summed E-state index contributed by atoms with van der Waals surface area (Å²) in [5.41, 5.74) is 1.32. The third-order valence-electron chi connectivity index (χ3n) is 3.24. The van der Waals surface area contributed by atoms with Crippen molar-refractivity contribution in [3.05, 3.63) is 24.0 Å². The van der Waals surface area contributed by atoms with Gasteiger partial charge in [-0.1, -0.05) is 6.92 Å². The molecular weight excluding hydrogens is 226 g/mol. The molecule has 0 aromatic carbocycles. The molecule has 1 heterocycles. The van der Waals surface area contributed by atoms with Gasteiger partial charge in [0.15, 0.2) is 0 Å². The van der Waals surface area contributed by atoms with Crippen molar-refractivity contribution in [2.75, 3.05) is 21.1 Å². The second-order valence-electron chi connectivity index (χ2n) is 4.82.